The molecule has 0 saturated heterocycles. The number of ether oxygens (including phenoxy) is 1. The Balaban J connectivity index is 2.93. The molecule has 94 valence electrons. The quantitative estimate of drug-likeness (QED) is 0.808. The molecule has 7 heteroatoms. The number of esters is 1. The summed E-state index contributed by atoms with van der Waals surface area (Å²) in [6.45, 7) is 1.34. The van der Waals surface area contributed by atoms with Gasteiger partial charge in [-0.25, -0.2) is 12.8 Å². The van der Waals surface area contributed by atoms with Crippen molar-refractivity contribution < 1.29 is 22.3 Å². The highest BCUT2D eigenvalue weighted by molar-refractivity contribution is 7.89. The third kappa shape index (κ3) is 3.50. The molecule has 1 unspecified atom stereocenters. The predicted octanol–water partition coefficient (Wildman–Crippen LogP) is 0.665. The topological polar surface area (TPSA) is 72.5 Å². The van der Waals surface area contributed by atoms with E-state index in [9.17, 15) is 17.6 Å². The van der Waals surface area contributed by atoms with Gasteiger partial charge >= 0.3 is 5.97 Å². The van der Waals surface area contributed by atoms with E-state index in [2.05, 4.69) is 9.46 Å². The van der Waals surface area contributed by atoms with Gasteiger partial charge in [-0.3, -0.25) is 4.79 Å². The van der Waals surface area contributed by atoms with Gasteiger partial charge in [0.2, 0.25) is 10.0 Å². The Hall–Kier alpha value is -1.47. The lowest BCUT2D eigenvalue weighted by Crippen LogP contribution is -2.39. The fourth-order valence-electron chi connectivity index (χ4n) is 1.16. The van der Waals surface area contributed by atoms with E-state index >= 15 is 0 Å². The molecule has 0 aliphatic rings. The second-order valence-corrected chi connectivity index (χ2v) is 5.04. The molecule has 1 aromatic rings. The first kappa shape index (κ1) is 13.6. The first-order valence-electron chi connectivity index (χ1n) is 4.72. The van der Waals surface area contributed by atoms with Gasteiger partial charge < -0.3 is 4.74 Å². The summed E-state index contributed by atoms with van der Waals surface area (Å²) < 4.78 is 42.8. The number of benzene rings is 1. The maximum Gasteiger partial charge on any atom is 0.323 e. The van der Waals surface area contributed by atoms with Gasteiger partial charge in [-0.2, -0.15) is 4.72 Å². The molecule has 0 spiro atoms. The molecule has 1 atom stereocenters. The molecule has 0 fully saturated rings. The van der Waals surface area contributed by atoms with Crippen molar-refractivity contribution in [3.05, 3.63) is 30.1 Å². The Kier molecular flexibility index (Phi) is 4.19. The van der Waals surface area contributed by atoms with Crippen molar-refractivity contribution in [1.82, 2.24) is 4.72 Å². The van der Waals surface area contributed by atoms with Crippen LogP contribution >= 0.6 is 0 Å². The molecule has 1 aromatic carbocycles. The number of hydrogen-bond acceptors (Lipinski definition) is 4. The van der Waals surface area contributed by atoms with Crippen LogP contribution in [0.1, 0.15) is 6.92 Å². The Morgan fingerprint density at radius 1 is 1.47 bits per heavy atom. The van der Waals surface area contributed by atoms with Crippen LogP contribution in [0.5, 0.6) is 0 Å². The maximum absolute atomic E-state index is 12.9. The summed E-state index contributed by atoms with van der Waals surface area (Å²) in [7, 11) is -2.78. The Labute approximate surface area is 98.6 Å². The number of hydrogen-bond donors (Lipinski definition) is 1. The monoisotopic (exact) mass is 261 g/mol. The largest absolute Gasteiger partial charge is 0.468 e. The van der Waals surface area contributed by atoms with E-state index in [4.69, 9.17) is 0 Å². The van der Waals surface area contributed by atoms with Crippen molar-refractivity contribution >= 4 is 16.0 Å². The third-order valence-corrected chi connectivity index (χ3v) is 3.53. The fourth-order valence-corrected chi connectivity index (χ4v) is 2.38. The van der Waals surface area contributed by atoms with E-state index in [1.165, 1.54) is 19.1 Å². The van der Waals surface area contributed by atoms with Crippen molar-refractivity contribution in [3.8, 4) is 0 Å². The second-order valence-electron chi connectivity index (χ2n) is 3.32. The zero-order chi connectivity index (χ0) is 13.1. The molecule has 0 saturated carbocycles. The van der Waals surface area contributed by atoms with Crippen LogP contribution in [0, 0.1) is 5.82 Å². The van der Waals surface area contributed by atoms with Gasteiger partial charge in [0.1, 0.15) is 11.9 Å². The van der Waals surface area contributed by atoms with Crippen LogP contribution in [-0.2, 0) is 19.6 Å². The molecule has 0 amide bonds. The van der Waals surface area contributed by atoms with E-state index in [1.807, 2.05) is 0 Å². The summed E-state index contributed by atoms with van der Waals surface area (Å²) >= 11 is 0. The number of carbonyl (C=O) groups excluding carboxylic acids is 1. The Morgan fingerprint density at radius 3 is 2.65 bits per heavy atom. The van der Waals surface area contributed by atoms with Crippen LogP contribution in [0.4, 0.5) is 4.39 Å². The van der Waals surface area contributed by atoms with Gasteiger partial charge in [0.25, 0.3) is 0 Å². The number of nitrogens with one attached hydrogen (secondary N) is 1. The molecular formula is C10H12FNO4S. The summed E-state index contributed by atoms with van der Waals surface area (Å²) in [5.74, 6) is -1.39. The lowest BCUT2D eigenvalue weighted by atomic mass is 10.4. The number of halogens is 1. The highest BCUT2D eigenvalue weighted by Crippen LogP contribution is 2.10. The third-order valence-electron chi connectivity index (χ3n) is 1.99. The standard InChI is InChI=1S/C10H12FNO4S/c1-7(10(13)16-2)12-17(14,15)9-5-3-4-8(11)6-9/h3-7,12H,1-2H3. The molecule has 5 nitrogen and oxygen atoms in total. The van der Waals surface area contributed by atoms with Crippen LogP contribution in [0.15, 0.2) is 29.2 Å². The summed E-state index contributed by atoms with van der Waals surface area (Å²) in [4.78, 5) is 10.8. The summed E-state index contributed by atoms with van der Waals surface area (Å²) in [5.41, 5.74) is 0. The van der Waals surface area contributed by atoms with Crippen molar-refractivity contribution in [2.75, 3.05) is 7.11 Å². The minimum atomic E-state index is -3.93. The van der Waals surface area contributed by atoms with Crippen molar-refractivity contribution in [1.29, 1.82) is 0 Å². The lowest BCUT2D eigenvalue weighted by Gasteiger charge is -2.11. The maximum atomic E-state index is 12.9. The van der Waals surface area contributed by atoms with Crippen LogP contribution in [-0.4, -0.2) is 27.5 Å². The zero-order valence-electron chi connectivity index (χ0n) is 9.31. The average Bonchev–Trinajstić information content (AvgIpc) is 2.27. The van der Waals surface area contributed by atoms with Gasteiger partial charge in [0, 0.05) is 0 Å². The molecule has 1 rings (SSSR count). The summed E-state index contributed by atoms with van der Waals surface area (Å²) in [5, 5.41) is 0. The molecule has 1 N–H and O–H groups in total. The van der Waals surface area contributed by atoms with Gasteiger partial charge in [-0.1, -0.05) is 6.07 Å². The van der Waals surface area contributed by atoms with Crippen LogP contribution in [0.3, 0.4) is 0 Å². The molecule has 0 bridgehead atoms. The number of methoxy groups -OCH3 is 1. The van der Waals surface area contributed by atoms with Crippen molar-refractivity contribution in [2.24, 2.45) is 0 Å². The summed E-state index contributed by atoms with van der Waals surface area (Å²) in [6, 6.07) is 3.46. The summed E-state index contributed by atoms with van der Waals surface area (Å²) in [6.07, 6.45) is 0. The van der Waals surface area contributed by atoms with Gasteiger partial charge in [-0.15, -0.1) is 0 Å². The first-order chi connectivity index (χ1) is 7.86. The minimum Gasteiger partial charge on any atom is -0.468 e. The van der Waals surface area contributed by atoms with E-state index in [0.717, 1.165) is 19.2 Å². The second kappa shape index (κ2) is 5.24. The van der Waals surface area contributed by atoms with E-state index in [1.54, 1.807) is 0 Å². The normalized spacial score (nSPS) is 13.1. The number of sulfonamides is 1. The zero-order valence-corrected chi connectivity index (χ0v) is 10.1. The Morgan fingerprint density at radius 2 is 2.12 bits per heavy atom. The first-order valence-corrected chi connectivity index (χ1v) is 6.21. The van der Waals surface area contributed by atoms with E-state index in [0.29, 0.717) is 0 Å². The molecule has 0 heterocycles. The van der Waals surface area contributed by atoms with Crippen LogP contribution < -0.4 is 4.72 Å². The number of rotatable bonds is 4. The van der Waals surface area contributed by atoms with E-state index in [-0.39, 0.29) is 4.90 Å². The molecular weight excluding hydrogens is 249 g/mol. The molecule has 0 radical (unpaired) electrons. The number of carbonyl (C=O) groups is 1. The SMILES string of the molecule is COC(=O)C(C)NS(=O)(=O)c1cccc(F)c1. The molecule has 0 aliphatic heterocycles. The average molecular weight is 261 g/mol. The van der Waals surface area contributed by atoms with Gasteiger partial charge in [0.05, 0.1) is 12.0 Å². The van der Waals surface area contributed by atoms with E-state index < -0.39 is 27.9 Å². The van der Waals surface area contributed by atoms with Crippen molar-refractivity contribution in [2.45, 2.75) is 17.9 Å². The van der Waals surface area contributed by atoms with Crippen molar-refractivity contribution in [3.63, 3.8) is 0 Å². The molecule has 17 heavy (non-hydrogen) atoms. The predicted molar refractivity (Wildman–Crippen MR) is 58.2 cm³/mol. The smallest absolute Gasteiger partial charge is 0.323 e. The highest BCUT2D eigenvalue weighted by atomic mass is 32.2. The minimum absolute atomic E-state index is 0.242. The highest BCUT2D eigenvalue weighted by Gasteiger charge is 2.22. The Bertz CT molecular complexity index is 515. The molecule has 0 aromatic heterocycles. The molecule has 0 aliphatic carbocycles. The lowest BCUT2D eigenvalue weighted by molar-refractivity contribution is -0.142. The van der Waals surface area contributed by atoms with Crippen LogP contribution in [0.25, 0.3) is 0 Å². The fraction of sp³-hybridized carbons (Fsp3) is 0.300. The van der Waals surface area contributed by atoms with Crippen LogP contribution in [0.2, 0.25) is 0 Å². The van der Waals surface area contributed by atoms with Gasteiger partial charge in [-0.05, 0) is 25.1 Å². The van der Waals surface area contributed by atoms with Gasteiger partial charge in [0.15, 0.2) is 0 Å².